The Balaban J connectivity index is 4.24. The van der Waals surface area contributed by atoms with Gasteiger partial charge in [0.1, 0.15) is 5.78 Å². The van der Waals surface area contributed by atoms with Gasteiger partial charge in [0.2, 0.25) is 0 Å². The van der Waals surface area contributed by atoms with E-state index in [1.54, 1.807) is 13.8 Å². The maximum absolute atomic E-state index is 11.6. The molecule has 0 saturated heterocycles. The molecule has 0 aromatic heterocycles. The van der Waals surface area contributed by atoms with Gasteiger partial charge in [-0.05, 0) is 20.3 Å². The highest BCUT2D eigenvalue weighted by molar-refractivity contribution is 5.86. The zero-order valence-corrected chi connectivity index (χ0v) is 10.4. The van der Waals surface area contributed by atoms with Crippen molar-refractivity contribution in [3.63, 3.8) is 0 Å². The number of rotatable bonds is 6. The topological polar surface area (TPSA) is 43.4 Å². The summed E-state index contributed by atoms with van der Waals surface area (Å²) in [5, 5.41) is 0. The van der Waals surface area contributed by atoms with Crippen LogP contribution in [0.3, 0.4) is 0 Å². The molecule has 0 saturated carbocycles. The Hall–Kier alpha value is -0.860. The van der Waals surface area contributed by atoms with Gasteiger partial charge in [-0.25, -0.2) is 0 Å². The lowest BCUT2D eigenvalue weighted by Gasteiger charge is -2.18. The molecule has 0 aliphatic rings. The highest BCUT2D eigenvalue weighted by atomic mass is 16.5. The minimum Gasteiger partial charge on any atom is -0.463 e. The molecule has 0 bridgehead atoms. The van der Waals surface area contributed by atoms with E-state index in [-0.39, 0.29) is 29.7 Å². The summed E-state index contributed by atoms with van der Waals surface area (Å²) in [5.41, 5.74) is 0. The molecule has 88 valence electrons. The summed E-state index contributed by atoms with van der Waals surface area (Å²) >= 11 is 0. The number of Topliss-reactive ketones (excluding diaryl/α,β-unsaturated/α-hetero) is 1. The molecule has 0 aliphatic carbocycles. The Kier molecular flexibility index (Phi) is 6.21. The average molecular weight is 214 g/mol. The van der Waals surface area contributed by atoms with E-state index in [9.17, 15) is 9.59 Å². The Labute approximate surface area is 92.2 Å². The van der Waals surface area contributed by atoms with Crippen molar-refractivity contribution in [2.45, 2.75) is 53.6 Å². The fourth-order valence-corrected chi connectivity index (χ4v) is 1.30. The first-order chi connectivity index (χ1) is 6.90. The summed E-state index contributed by atoms with van der Waals surface area (Å²) in [6.45, 7) is 9.13. The monoisotopic (exact) mass is 214 g/mol. The van der Waals surface area contributed by atoms with Gasteiger partial charge in [0.25, 0.3) is 0 Å². The Morgan fingerprint density at radius 1 is 1.07 bits per heavy atom. The quantitative estimate of drug-likeness (QED) is 0.638. The average Bonchev–Trinajstić information content (AvgIpc) is 2.14. The van der Waals surface area contributed by atoms with Gasteiger partial charge in [0.05, 0.1) is 12.0 Å². The molecule has 2 unspecified atom stereocenters. The lowest BCUT2D eigenvalue weighted by atomic mass is 9.90. The van der Waals surface area contributed by atoms with Crippen LogP contribution in [-0.4, -0.2) is 17.9 Å². The molecule has 0 rings (SSSR count). The Bertz CT molecular complexity index is 221. The van der Waals surface area contributed by atoms with Crippen molar-refractivity contribution in [3.05, 3.63) is 0 Å². The molecule has 0 spiro atoms. The summed E-state index contributed by atoms with van der Waals surface area (Å²) in [4.78, 5) is 23.1. The largest absolute Gasteiger partial charge is 0.463 e. The van der Waals surface area contributed by atoms with Crippen LogP contribution in [0.15, 0.2) is 0 Å². The summed E-state index contributed by atoms with van der Waals surface area (Å²) in [7, 11) is 0. The number of esters is 1. The van der Waals surface area contributed by atoms with Crippen molar-refractivity contribution in [1.82, 2.24) is 0 Å². The maximum atomic E-state index is 11.6. The third kappa shape index (κ3) is 4.96. The van der Waals surface area contributed by atoms with E-state index in [0.29, 0.717) is 6.42 Å². The predicted molar refractivity (Wildman–Crippen MR) is 59.5 cm³/mol. The first-order valence-electron chi connectivity index (χ1n) is 5.63. The molecule has 0 radical (unpaired) electrons. The van der Waals surface area contributed by atoms with Crippen molar-refractivity contribution in [1.29, 1.82) is 0 Å². The van der Waals surface area contributed by atoms with E-state index in [4.69, 9.17) is 4.74 Å². The van der Waals surface area contributed by atoms with Gasteiger partial charge in [0, 0.05) is 12.3 Å². The SMILES string of the molecule is CCCC(=O)C(C)C(C)C(=O)OC(C)C. The third-order valence-corrected chi connectivity index (χ3v) is 2.48. The zero-order chi connectivity index (χ0) is 12.0. The lowest BCUT2D eigenvalue weighted by molar-refractivity contribution is -0.155. The molecule has 3 heteroatoms. The molecule has 0 aromatic carbocycles. The van der Waals surface area contributed by atoms with Crippen molar-refractivity contribution in [2.24, 2.45) is 11.8 Å². The number of hydrogen-bond donors (Lipinski definition) is 0. The zero-order valence-electron chi connectivity index (χ0n) is 10.4. The summed E-state index contributed by atoms with van der Waals surface area (Å²) in [6, 6.07) is 0. The van der Waals surface area contributed by atoms with Crippen molar-refractivity contribution in [2.75, 3.05) is 0 Å². The smallest absolute Gasteiger partial charge is 0.309 e. The van der Waals surface area contributed by atoms with Crippen LogP contribution in [0.4, 0.5) is 0 Å². The molecular formula is C12H22O3. The minimum atomic E-state index is -0.341. The molecule has 0 fully saturated rings. The second-order valence-corrected chi connectivity index (χ2v) is 4.28. The molecule has 0 amide bonds. The van der Waals surface area contributed by atoms with Crippen LogP contribution in [-0.2, 0) is 14.3 Å². The maximum Gasteiger partial charge on any atom is 0.309 e. The Morgan fingerprint density at radius 2 is 1.60 bits per heavy atom. The van der Waals surface area contributed by atoms with Crippen molar-refractivity contribution < 1.29 is 14.3 Å². The first-order valence-corrected chi connectivity index (χ1v) is 5.63. The van der Waals surface area contributed by atoms with Gasteiger partial charge in [0.15, 0.2) is 0 Å². The second-order valence-electron chi connectivity index (χ2n) is 4.28. The van der Waals surface area contributed by atoms with Crippen LogP contribution in [0.2, 0.25) is 0 Å². The van der Waals surface area contributed by atoms with E-state index in [2.05, 4.69) is 0 Å². The highest BCUT2D eigenvalue weighted by Crippen LogP contribution is 2.17. The molecule has 15 heavy (non-hydrogen) atoms. The number of hydrogen-bond acceptors (Lipinski definition) is 3. The van der Waals surface area contributed by atoms with E-state index in [0.717, 1.165) is 6.42 Å². The van der Waals surface area contributed by atoms with Gasteiger partial charge >= 0.3 is 5.97 Å². The normalized spacial score (nSPS) is 14.8. The number of ketones is 1. The van der Waals surface area contributed by atoms with E-state index in [1.165, 1.54) is 0 Å². The van der Waals surface area contributed by atoms with Crippen LogP contribution in [0.5, 0.6) is 0 Å². The molecule has 0 heterocycles. The molecule has 0 N–H and O–H groups in total. The fourth-order valence-electron chi connectivity index (χ4n) is 1.30. The molecule has 2 atom stereocenters. The summed E-state index contributed by atoms with van der Waals surface area (Å²) in [6.07, 6.45) is 1.25. The van der Waals surface area contributed by atoms with Crippen LogP contribution in [0.25, 0.3) is 0 Å². The first kappa shape index (κ1) is 14.1. The van der Waals surface area contributed by atoms with E-state index >= 15 is 0 Å². The predicted octanol–water partition coefficient (Wildman–Crippen LogP) is 2.58. The van der Waals surface area contributed by atoms with E-state index in [1.807, 2.05) is 20.8 Å². The van der Waals surface area contributed by atoms with Gasteiger partial charge in [-0.3, -0.25) is 9.59 Å². The number of carbonyl (C=O) groups is 2. The molecule has 0 aliphatic heterocycles. The lowest BCUT2D eigenvalue weighted by Crippen LogP contribution is -2.28. The Morgan fingerprint density at radius 3 is 2.00 bits per heavy atom. The molecule has 0 aromatic rings. The van der Waals surface area contributed by atoms with Gasteiger partial charge in [-0.15, -0.1) is 0 Å². The van der Waals surface area contributed by atoms with Crippen LogP contribution >= 0.6 is 0 Å². The van der Waals surface area contributed by atoms with Gasteiger partial charge in [-0.1, -0.05) is 20.8 Å². The van der Waals surface area contributed by atoms with E-state index < -0.39 is 0 Å². The third-order valence-electron chi connectivity index (χ3n) is 2.48. The van der Waals surface area contributed by atoms with Crippen LogP contribution in [0.1, 0.15) is 47.5 Å². The molecular weight excluding hydrogens is 192 g/mol. The second kappa shape index (κ2) is 6.59. The van der Waals surface area contributed by atoms with Gasteiger partial charge < -0.3 is 4.74 Å². The minimum absolute atomic E-state index is 0.117. The molecule has 3 nitrogen and oxygen atoms in total. The van der Waals surface area contributed by atoms with Crippen LogP contribution in [0, 0.1) is 11.8 Å². The number of ether oxygens (including phenoxy) is 1. The number of carbonyl (C=O) groups excluding carboxylic acids is 2. The fraction of sp³-hybridized carbons (Fsp3) is 0.833. The standard InChI is InChI=1S/C12H22O3/c1-6-7-11(13)9(4)10(5)12(14)15-8(2)3/h8-10H,6-7H2,1-5H3. The van der Waals surface area contributed by atoms with Crippen molar-refractivity contribution >= 4 is 11.8 Å². The summed E-state index contributed by atoms with van der Waals surface area (Å²) < 4.78 is 5.07. The van der Waals surface area contributed by atoms with Gasteiger partial charge in [-0.2, -0.15) is 0 Å². The van der Waals surface area contributed by atoms with Crippen LogP contribution < -0.4 is 0 Å². The summed E-state index contributed by atoms with van der Waals surface area (Å²) in [5.74, 6) is -0.713. The highest BCUT2D eigenvalue weighted by Gasteiger charge is 2.26. The van der Waals surface area contributed by atoms with Crippen molar-refractivity contribution in [3.8, 4) is 0 Å².